The molecule has 5 rings (SSSR count). The molecule has 0 spiro atoms. The highest BCUT2D eigenvalue weighted by atomic mass is 35.5. The van der Waals surface area contributed by atoms with Crippen LogP contribution in [-0.2, 0) is 16.1 Å². The SMILES string of the molecule is CC[C@H](CC[C@@H]1CCC[C@H]2[C@H]1CC[C@@H]1C[C@](C)(O)CC[C@@]12COC)C(=O)Cn1nc2ccc(Cl)c(F)c2n1. The van der Waals surface area contributed by atoms with Crippen LogP contribution in [0.5, 0.6) is 0 Å². The third-order valence-corrected chi connectivity index (χ3v) is 10.8. The van der Waals surface area contributed by atoms with E-state index in [1.807, 2.05) is 14.0 Å². The first-order valence-corrected chi connectivity index (χ1v) is 15.0. The number of nitrogens with zero attached hydrogens (tertiary/aromatic N) is 3. The third kappa shape index (κ3) is 5.27. The highest BCUT2D eigenvalue weighted by molar-refractivity contribution is 6.31. The second kappa shape index (κ2) is 11.1. The summed E-state index contributed by atoms with van der Waals surface area (Å²) in [6.07, 6.45) is 11.7. The summed E-state index contributed by atoms with van der Waals surface area (Å²) in [6.45, 7) is 4.94. The van der Waals surface area contributed by atoms with E-state index in [1.54, 1.807) is 6.07 Å². The van der Waals surface area contributed by atoms with E-state index in [9.17, 15) is 14.3 Å². The number of rotatable bonds is 9. The Balaban J connectivity index is 1.25. The number of ether oxygens (including phenoxy) is 1. The molecule has 1 N–H and O–H groups in total. The van der Waals surface area contributed by atoms with Crippen LogP contribution in [-0.4, -0.2) is 45.2 Å². The zero-order valence-corrected chi connectivity index (χ0v) is 23.9. The number of hydrogen-bond acceptors (Lipinski definition) is 5. The molecule has 1 aromatic carbocycles. The first-order valence-electron chi connectivity index (χ1n) is 14.6. The molecular formula is C30H43ClFN3O3. The Morgan fingerprint density at radius 2 is 2.08 bits per heavy atom. The van der Waals surface area contributed by atoms with Gasteiger partial charge in [0.2, 0.25) is 0 Å². The Bertz CT molecular complexity index is 1150. The molecule has 3 saturated carbocycles. The molecular weight excluding hydrogens is 505 g/mol. The zero-order chi connectivity index (χ0) is 27.1. The quantitative estimate of drug-likeness (QED) is 0.382. The standard InChI is InChI=1S/C30H43ClFN3O3/c1-4-19(26(36)17-35-33-25-13-12-24(31)27(32)28(25)34-35)8-9-20-6-5-7-23-22(20)11-10-21-16-29(2,37)14-15-30(21,23)18-38-3/h12-13,19-23,37H,4-11,14-18H2,1-3H3/t19-,20+,21-,22+,23+,29-,30-/m1/s1. The predicted molar refractivity (Wildman–Crippen MR) is 146 cm³/mol. The molecule has 0 amide bonds. The Morgan fingerprint density at radius 1 is 1.26 bits per heavy atom. The van der Waals surface area contributed by atoms with Crippen molar-refractivity contribution >= 4 is 28.4 Å². The minimum Gasteiger partial charge on any atom is -0.390 e. The molecule has 0 bridgehead atoms. The monoisotopic (exact) mass is 547 g/mol. The van der Waals surface area contributed by atoms with Crippen molar-refractivity contribution in [3.63, 3.8) is 0 Å². The van der Waals surface area contributed by atoms with E-state index < -0.39 is 11.4 Å². The van der Waals surface area contributed by atoms with Gasteiger partial charge in [0.15, 0.2) is 11.6 Å². The maximum absolute atomic E-state index is 14.3. The largest absolute Gasteiger partial charge is 0.390 e. The summed E-state index contributed by atoms with van der Waals surface area (Å²) in [5, 5.41) is 19.3. The van der Waals surface area contributed by atoms with Gasteiger partial charge >= 0.3 is 0 Å². The van der Waals surface area contributed by atoms with E-state index >= 15 is 0 Å². The minimum atomic E-state index is -0.593. The number of methoxy groups -OCH3 is 1. The molecule has 0 radical (unpaired) electrons. The van der Waals surface area contributed by atoms with Gasteiger partial charge in [0.1, 0.15) is 17.6 Å². The second-order valence-corrected chi connectivity index (χ2v) is 13.1. The number of carbonyl (C=O) groups is 1. The molecule has 2 aromatic rings. The van der Waals surface area contributed by atoms with Crippen molar-refractivity contribution in [3.05, 3.63) is 23.0 Å². The number of aliphatic hydroxyl groups is 1. The Hall–Kier alpha value is -1.57. The molecule has 1 aromatic heterocycles. The van der Waals surface area contributed by atoms with Crippen molar-refractivity contribution in [2.45, 2.75) is 96.6 Å². The van der Waals surface area contributed by atoms with Crippen LogP contribution in [0.1, 0.15) is 84.5 Å². The van der Waals surface area contributed by atoms with E-state index in [-0.39, 0.29) is 34.2 Å². The van der Waals surface area contributed by atoms with Gasteiger partial charge in [-0.2, -0.15) is 9.90 Å². The fourth-order valence-corrected chi connectivity index (χ4v) is 8.71. The number of aromatic nitrogens is 3. The van der Waals surface area contributed by atoms with Crippen LogP contribution in [0.15, 0.2) is 12.1 Å². The summed E-state index contributed by atoms with van der Waals surface area (Å²) < 4.78 is 20.2. The van der Waals surface area contributed by atoms with Crippen molar-refractivity contribution in [3.8, 4) is 0 Å². The van der Waals surface area contributed by atoms with E-state index in [4.69, 9.17) is 16.3 Å². The number of carbonyl (C=O) groups excluding carboxylic acids is 1. The number of fused-ring (bicyclic) bond motifs is 4. The van der Waals surface area contributed by atoms with Crippen LogP contribution >= 0.6 is 11.6 Å². The number of halogens is 2. The molecule has 7 atom stereocenters. The summed E-state index contributed by atoms with van der Waals surface area (Å²) in [5.74, 6) is 1.96. The molecule has 3 aliphatic carbocycles. The molecule has 0 saturated heterocycles. The second-order valence-electron chi connectivity index (χ2n) is 12.7. The topological polar surface area (TPSA) is 77.2 Å². The summed E-state index contributed by atoms with van der Waals surface area (Å²) in [5.41, 5.74) is 0.150. The van der Waals surface area contributed by atoms with E-state index in [0.717, 1.165) is 45.1 Å². The summed E-state index contributed by atoms with van der Waals surface area (Å²) in [4.78, 5) is 14.6. The maximum atomic E-state index is 14.3. The lowest BCUT2D eigenvalue weighted by molar-refractivity contribution is -0.160. The number of Topliss-reactive ketones (excluding diaryl/α,β-unsaturated/α-hetero) is 1. The Labute approximate surface area is 230 Å². The molecule has 38 heavy (non-hydrogen) atoms. The van der Waals surface area contributed by atoms with Gasteiger partial charge in [0.05, 0.1) is 17.2 Å². The lowest BCUT2D eigenvalue weighted by Crippen LogP contribution is -2.56. The smallest absolute Gasteiger partial charge is 0.171 e. The van der Waals surface area contributed by atoms with Crippen LogP contribution in [0, 0.1) is 40.8 Å². The van der Waals surface area contributed by atoms with Crippen molar-refractivity contribution in [1.29, 1.82) is 0 Å². The van der Waals surface area contributed by atoms with Crippen molar-refractivity contribution in [1.82, 2.24) is 15.0 Å². The zero-order valence-electron chi connectivity index (χ0n) is 23.1. The minimum absolute atomic E-state index is 0.00742. The van der Waals surface area contributed by atoms with E-state index in [2.05, 4.69) is 17.1 Å². The van der Waals surface area contributed by atoms with Gasteiger partial charge in [-0.3, -0.25) is 4.79 Å². The molecule has 210 valence electrons. The van der Waals surface area contributed by atoms with Crippen LogP contribution < -0.4 is 0 Å². The van der Waals surface area contributed by atoms with E-state index in [1.165, 1.54) is 43.0 Å². The third-order valence-electron chi connectivity index (χ3n) is 10.5. The number of benzene rings is 1. The van der Waals surface area contributed by atoms with Gasteiger partial charge in [-0.1, -0.05) is 31.4 Å². The van der Waals surface area contributed by atoms with Crippen molar-refractivity contribution < 1.29 is 19.0 Å². The number of hydrogen-bond donors (Lipinski definition) is 1. The Morgan fingerprint density at radius 3 is 2.84 bits per heavy atom. The highest BCUT2D eigenvalue weighted by Crippen LogP contribution is 2.62. The average molecular weight is 548 g/mol. The number of ketones is 1. The van der Waals surface area contributed by atoms with Crippen LogP contribution in [0.25, 0.3) is 11.0 Å². The van der Waals surface area contributed by atoms with Crippen LogP contribution in [0.4, 0.5) is 4.39 Å². The lowest BCUT2D eigenvalue weighted by Gasteiger charge is -2.60. The molecule has 0 unspecified atom stereocenters. The van der Waals surface area contributed by atoms with Gasteiger partial charge in [-0.25, -0.2) is 4.39 Å². The maximum Gasteiger partial charge on any atom is 0.171 e. The van der Waals surface area contributed by atoms with Crippen molar-refractivity contribution in [2.24, 2.45) is 35.0 Å². The summed E-state index contributed by atoms with van der Waals surface area (Å²) >= 11 is 5.88. The highest BCUT2D eigenvalue weighted by Gasteiger charge is 2.57. The summed E-state index contributed by atoms with van der Waals surface area (Å²) in [6, 6.07) is 3.09. The predicted octanol–water partition coefficient (Wildman–Crippen LogP) is 6.61. The first-order chi connectivity index (χ1) is 18.2. The van der Waals surface area contributed by atoms with Gasteiger partial charge in [0, 0.05) is 13.0 Å². The lowest BCUT2D eigenvalue weighted by atomic mass is 9.46. The van der Waals surface area contributed by atoms with Gasteiger partial charge < -0.3 is 9.84 Å². The average Bonchev–Trinajstić information content (AvgIpc) is 3.30. The summed E-state index contributed by atoms with van der Waals surface area (Å²) in [7, 11) is 1.83. The Kier molecular flexibility index (Phi) is 8.19. The van der Waals surface area contributed by atoms with E-state index in [0.29, 0.717) is 29.2 Å². The molecule has 6 nitrogen and oxygen atoms in total. The van der Waals surface area contributed by atoms with Gasteiger partial charge in [-0.05, 0) is 106 Å². The van der Waals surface area contributed by atoms with Crippen LogP contribution in [0.2, 0.25) is 5.02 Å². The molecule has 8 heteroatoms. The van der Waals surface area contributed by atoms with Gasteiger partial charge in [-0.15, -0.1) is 5.10 Å². The first kappa shape index (κ1) is 28.0. The fourth-order valence-electron chi connectivity index (χ4n) is 8.56. The normalized spacial score (nSPS) is 34.1. The molecule has 3 aliphatic rings. The van der Waals surface area contributed by atoms with Gasteiger partial charge in [0.25, 0.3) is 0 Å². The molecule has 3 fully saturated rings. The molecule has 1 heterocycles. The fraction of sp³-hybridized carbons (Fsp3) is 0.767. The molecule has 0 aliphatic heterocycles. The van der Waals surface area contributed by atoms with Crippen molar-refractivity contribution in [2.75, 3.05) is 13.7 Å². The van der Waals surface area contributed by atoms with Crippen LogP contribution in [0.3, 0.4) is 0 Å².